The molecule has 0 aromatic carbocycles. The van der Waals surface area contributed by atoms with E-state index in [1.807, 2.05) is 0 Å². The molecule has 43 heavy (non-hydrogen) atoms. The summed E-state index contributed by atoms with van der Waals surface area (Å²) in [7, 11) is 0. The van der Waals surface area contributed by atoms with Gasteiger partial charge in [-0.1, -0.05) is 0 Å². The van der Waals surface area contributed by atoms with Crippen LogP contribution in [0.3, 0.4) is 0 Å². The molecule has 1 aromatic heterocycles. The average molecular weight is 609 g/mol. The van der Waals surface area contributed by atoms with Crippen molar-refractivity contribution in [3.8, 4) is 0 Å². The van der Waals surface area contributed by atoms with Gasteiger partial charge in [-0.2, -0.15) is 0 Å². The van der Waals surface area contributed by atoms with Crippen LogP contribution in [0.2, 0.25) is 0 Å². The van der Waals surface area contributed by atoms with Crippen molar-refractivity contribution in [2.45, 2.75) is 119 Å². The maximum atomic E-state index is 13.6. The molecule has 0 saturated carbocycles. The van der Waals surface area contributed by atoms with Crippen molar-refractivity contribution in [3.05, 3.63) is 24.2 Å². The second-order valence-corrected chi connectivity index (χ2v) is 14.9. The fraction of sp³-hybridized carbons (Fsp3) is 0.710. The van der Waals surface area contributed by atoms with Crippen molar-refractivity contribution < 1.29 is 47.3 Å². The molecule has 1 N–H and O–H groups in total. The van der Waals surface area contributed by atoms with Crippen molar-refractivity contribution >= 4 is 30.2 Å². The quantitative estimate of drug-likeness (QED) is 0.261. The van der Waals surface area contributed by atoms with Crippen LogP contribution in [0.5, 0.6) is 0 Å². The molecule has 0 unspecified atom stereocenters. The normalized spacial score (nSPS) is 22.1. The van der Waals surface area contributed by atoms with Gasteiger partial charge in [-0.25, -0.2) is 0 Å². The number of rotatable bonds is 8. The highest BCUT2D eigenvalue weighted by Gasteiger charge is 2.53. The number of hydrogen-bond donors (Lipinski definition) is 1. The second-order valence-electron chi connectivity index (χ2n) is 14.9. The summed E-state index contributed by atoms with van der Waals surface area (Å²) in [6.45, 7) is 19.8. The molecule has 1 fully saturated rings. The molecule has 1 saturated heterocycles. The van der Waals surface area contributed by atoms with E-state index in [1.54, 1.807) is 89.2 Å². The fourth-order valence-electron chi connectivity index (χ4n) is 3.86. The van der Waals surface area contributed by atoms with Crippen LogP contribution in [0.25, 0.3) is 0 Å². The first-order valence-electron chi connectivity index (χ1n) is 14.3. The van der Waals surface area contributed by atoms with Crippen LogP contribution in [0, 0.1) is 16.2 Å². The van der Waals surface area contributed by atoms with E-state index in [4.69, 9.17) is 23.4 Å². The lowest BCUT2D eigenvalue weighted by molar-refractivity contribution is -0.257. The molecule has 242 valence electrons. The second kappa shape index (κ2) is 13.1. The predicted molar refractivity (Wildman–Crippen MR) is 155 cm³/mol. The summed E-state index contributed by atoms with van der Waals surface area (Å²) in [5.74, 6) is -2.46. The van der Waals surface area contributed by atoms with E-state index < -0.39 is 76.2 Å². The van der Waals surface area contributed by atoms with Gasteiger partial charge < -0.3 is 28.7 Å². The zero-order valence-corrected chi connectivity index (χ0v) is 27.4. The highest BCUT2D eigenvalue weighted by molar-refractivity contribution is 5.85. The van der Waals surface area contributed by atoms with Crippen molar-refractivity contribution in [2.24, 2.45) is 16.2 Å². The van der Waals surface area contributed by atoms with Crippen LogP contribution in [0.4, 0.5) is 0 Å². The largest absolute Gasteiger partial charge is 0.467 e. The van der Waals surface area contributed by atoms with Gasteiger partial charge >= 0.3 is 17.9 Å². The van der Waals surface area contributed by atoms with E-state index in [1.165, 1.54) is 12.3 Å². The summed E-state index contributed by atoms with van der Waals surface area (Å²) in [5.41, 5.74) is -3.61. The van der Waals surface area contributed by atoms with E-state index in [0.717, 1.165) is 4.90 Å². The standard InChI is InChI=1S/C31H48N2O10/c1-28(2,3)25(36)41-19-16-40-24(22(43-27(38)30(7,8)9)21(19)42-26(37)29(4,5)6)33(17-34)20(18-14-13-15-39-18)23(35)32-31(10,11)12/h13-15,17,19-22,24H,16H2,1-12H3,(H,32,35)/t19-,20+,21-,22+,24+/m1/s1. The van der Waals surface area contributed by atoms with Crippen molar-refractivity contribution in [1.82, 2.24) is 10.2 Å². The molecule has 12 heteroatoms. The summed E-state index contributed by atoms with van der Waals surface area (Å²) in [6, 6.07) is 1.72. The lowest BCUT2D eigenvalue weighted by atomic mass is 9.94. The van der Waals surface area contributed by atoms with Crippen molar-refractivity contribution in [2.75, 3.05) is 6.61 Å². The lowest BCUT2D eigenvalue weighted by Crippen LogP contribution is -2.64. The molecule has 0 bridgehead atoms. The van der Waals surface area contributed by atoms with Crippen LogP contribution in [-0.2, 0) is 42.9 Å². The Bertz CT molecular complexity index is 1150. The maximum Gasteiger partial charge on any atom is 0.311 e. The van der Waals surface area contributed by atoms with Gasteiger partial charge in [0.2, 0.25) is 6.41 Å². The molecule has 2 amide bonds. The first kappa shape index (κ1) is 35.8. The van der Waals surface area contributed by atoms with Crippen molar-refractivity contribution in [3.63, 3.8) is 0 Å². The van der Waals surface area contributed by atoms with Gasteiger partial charge in [-0.05, 0) is 95.2 Å². The van der Waals surface area contributed by atoms with Gasteiger partial charge in [0, 0.05) is 5.54 Å². The minimum atomic E-state index is -1.50. The molecule has 5 atom stereocenters. The zero-order valence-electron chi connectivity index (χ0n) is 27.4. The van der Waals surface area contributed by atoms with E-state index in [9.17, 15) is 24.0 Å². The Balaban J connectivity index is 2.71. The number of esters is 3. The zero-order chi connectivity index (χ0) is 33.1. The van der Waals surface area contributed by atoms with Gasteiger partial charge in [0.1, 0.15) is 5.76 Å². The van der Waals surface area contributed by atoms with Crippen LogP contribution in [-0.4, -0.2) is 71.8 Å². The van der Waals surface area contributed by atoms with Crippen LogP contribution in [0.1, 0.15) is 94.9 Å². The average Bonchev–Trinajstić information content (AvgIpc) is 3.35. The maximum absolute atomic E-state index is 13.6. The van der Waals surface area contributed by atoms with E-state index in [2.05, 4.69) is 5.32 Å². The molecular formula is C31H48N2O10. The number of nitrogens with one attached hydrogen (secondary N) is 1. The number of carbonyl (C=O) groups excluding carboxylic acids is 5. The van der Waals surface area contributed by atoms with E-state index in [0.29, 0.717) is 6.41 Å². The Hall–Kier alpha value is -3.41. The number of amides is 2. The van der Waals surface area contributed by atoms with E-state index >= 15 is 0 Å². The minimum absolute atomic E-state index is 0.114. The number of furan rings is 1. The van der Waals surface area contributed by atoms with Gasteiger partial charge in [-0.3, -0.25) is 28.9 Å². The smallest absolute Gasteiger partial charge is 0.311 e. The highest BCUT2D eigenvalue weighted by atomic mass is 16.7. The summed E-state index contributed by atoms with van der Waals surface area (Å²) >= 11 is 0. The number of hydrogen-bond acceptors (Lipinski definition) is 10. The lowest BCUT2D eigenvalue weighted by Gasteiger charge is -2.46. The number of nitrogens with zero attached hydrogens (tertiary/aromatic N) is 1. The topological polar surface area (TPSA) is 151 Å². The molecular weight excluding hydrogens is 560 g/mol. The number of ether oxygens (including phenoxy) is 4. The van der Waals surface area contributed by atoms with Crippen LogP contribution >= 0.6 is 0 Å². The third kappa shape index (κ3) is 9.54. The number of carbonyl (C=O) groups is 5. The van der Waals surface area contributed by atoms with Gasteiger partial charge in [0.05, 0.1) is 29.1 Å². The Labute approximate surface area is 254 Å². The van der Waals surface area contributed by atoms with Gasteiger partial charge in [0.25, 0.3) is 5.91 Å². The Kier molecular flexibility index (Phi) is 10.9. The minimum Gasteiger partial charge on any atom is -0.467 e. The first-order valence-corrected chi connectivity index (χ1v) is 14.3. The molecule has 1 aromatic rings. The molecule has 0 aliphatic carbocycles. The summed E-state index contributed by atoms with van der Waals surface area (Å²) < 4.78 is 29.2. The predicted octanol–water partition coefficient (Wildman–Crippen LogP) is 3.92. The Morgan fingerprint density at radius 1 is 0.837 bits per heavy atom. The fourth-order valence-corrected chi connectivity index (χ4v) is 3.86. The first-order chi connectivity index (χ1) is 19.5. The molecule has 12 nitrogen and oxygen atoms in total. The summed E-state index contributed by atoms with van der Waals surface area (Å²) in [4.78, 5) is 66.9. The Morgan fingerprint density at radius 3 is 1.74 bits per heavy atom. The molecule has 2 heterocycles. The third-order valence-corrected chi connectivity index (χ3v) is 6.26. The molecule has 1 aliphatic rings. The van der Waals surface area contributed by atoms with E-state index in [-0.39, 0.29) is 12.4 Å². The van der Waals surface area contributed by atoms with Crippen LogP contribution < -0.4 is 5.32 Å². The van der Waals surface area contributed by atoms with Gasteiger partial charge in [0.15, 0.2) is 30.6 Å². The monoisotopic (exact) mass is 608 g/mol. The third-order valence-electron chi connectivity index (χ3n) is 6.26. The molecule has 0 spiro atoms. The van der Waals surface area contributed by atoms with Gasteiger partial charge in [-0.15, -0.1) is 0 Å². The summed E-state index contributed by atoms with van der Waals surface area (Å²) in [6.07, 6.45) is -3.83. The van der Waals surface area contributed by atoms with Crippen LogP contribution in [0.15, 0.2) is 22.8 Å². The summed E-state index contributed by atoms with van der Waals surface area (Å²) in [5, 5.41) is 2.84. The Morgan fingerprint density at radius 2 is 1.33 bits per heavy atom. The SMILES string of the molecule is CC(C)(C)NC(=O)[C@H](c1ccco1)N(C=O)[C@H]1OC[C@@H](OC(=O)C(C)(C)C)[C@@H](OC(=O)C(C)(C)C)[C@@H]1OC(=O)C(C)(C)C. The van der Waals surface area contributed by atoms with Crippen molar-refractivity contribution in [1.29, 1.82) is 0 Å². The highest BCUT2D eigenvalue weighted by Crippen LogP contribution is 2.35. The molecule has 0 radical (unpaired) electrons. The molecule has 2 rings (SSSR count). The molecule has 1 aliphatic heterocycles.